The van der Waals surface area contributed by atoms with Crippen molar-refractivity contribution in [1.82, 2.24) is 9.29 Å². The van der Waals surface area contributed by atoms with Crippen LogP contribution in [0.5, 0.6) is 11.5 Å². The molecule has 0 amide bonds. The highest BCUT2D eigenvalue weighted by Crippen LogP contribution is 2.29. The largest absolute Gasteiger partial charge is 0.496 e. The minimum absolute atomic E-state index is 0.0793. The quantitative estimate of drug-likeness (QED) is 0.254. The Bertz CT molecular complexity index is 1650. The number of para-hydroxylation sites is 1. The number of sulfonamides is 1. The molecule has 1 atom stereocenters. The smallest absolute Gasteiger partial charge is 0.322 e. The molecule has 202 valence electrons. The number of methoxy groups -OCH3 is 1. The van der Waals surface area contributed by atoms with Crippen molar-refractivity contribution in [2.24, 2.45) is 0 Å². The Morgan fingerprint density at radius 1 is 1.10 bits per heavy atom. The van der Waals surface area contributed by atoms with Crippen molar-refractivity contribution < 1.29 is 27.8 Å². The van der Waals surface area contributed by atoms with Crippen LogP contribution in [0.2, 0.25) is 5.02 Å². The van der Waals surface area contributed by atoms with Crippen LogP contribution >= 0.6 is 11.6 Å². The number of halogens is 1. The number of carboxylic acids is 1. The molecule has 4 aromatic rings. The summed E-state index contributed by atoms with van der Waals surface area (Å²) < 4.78 is 41.3. The highest BCUT2D eigenvalue weighted by molar-refractivity contribution is 7.89. The van der Waals surface area contributed by atoms with E-state index in [4.69, 9.17) is 21.1 Å². The van der Waals surface area contributed by atoms with E-state index >= 15 is 0 Å². The number of rotatable bonds is 11. The van der Waals surface area contributed by atoms with E-state index in [1.807, 2.05) is 41.1 Å². The highest BCUT2D eigenvalue weighted by atomic mass is 35.5. The molecule has 2 N–H and O–H groups in total. The van der Waals surface area contributed by atoms with Crippen molar-refractivity contribution in [1.29, 1.82) is 0 Å². The first-order chi connectivity index (χ1) is 18.7. The van der Waals surface area contributed by atoms with Gasteiger partial charge in [-0.2, -0.15) is 4.72 Å². The van der Waals surface area contributed by atoms with Gasteiger partial charge in [0.15, 0.2) is 0 Å². The summed E-state index contributed by atoms with van der Waals surface area (Å²) in [5.74, 6) is 5.33. The lowest BCUT2D eigenvalue weighted by Crippen LogP contribution is -2.42. The molecule has 1 unspecified atom stereocenters. The van der Waals surface area contributed by atoms with Crippen molar-refractivity contribution in [2.45, 2.75) is 30.8 Å². The summed E-state index contributed by atoms with van der Waals surface area (Å²) in [5, 5.41) is 11.2. The molecular formula is C29H27ClN2O6S. The minimum Gasteiger partial charge on any atom is -0.496 e. The second-order valence-corrected chi connectivity index (χ2v) is 10.8. The maximum atomic E-state index is 13.1. The van der Waals surface area contributed by atoms with Crippen LogP contribution in [0.4, 0.5) is 0 Å². The third-order valence-corrected chi connectivity index (χ3v) is 7.82. The van der Waals surface area contributed by atoms with Crippen molar-refractivity contribution in [3.63, 3.8) is 0 Å². The van der Waals surface area contributed by atoms with Gasteiger partial charge in [0.2, 0.25) is 10.0 Å². The van der Waals surface area contributed by atoms with E-state index in [2.05, 4.69) is 16.6 Å². The van der Waals surface area contributed by atoms with Crippen LogP contribution in [-0.4, -0.2) is 43.8 Å². The minimum atomic E-state index is -4.14. The van der Waals surface area contributed by atoms with Crippen LogP contribution < -0.4 is 14.2 Å². The number of hydrogen-bond acceptors (Lipinski definition) is 5. The van der Waals surface area contributed by atoms with Gasteiger partial charge in [0.05, 0.1) is 18.6 Å². The van der Waals surface area contributed by atoms with Crippen LogP contribution in [0.1, 0.15) is 18.1 Å². The molecule has 1 aromatic heterocycles. The Balaban J connectivity index is 1.61. The standard InChI is InChI=1S/C29H27ClN2O6S/c1-3-4-15-38-23-10-12-24(13-11-23)39(35,36)31-26(29(33)34)16-21-19-32(27-14-9-22(30)17-25(21)27)18-20-7-5-6-8-28(20)37-2/h5-14,17,19,26,31H,15-16,18H2,1-2H3,(H,33,34). The molecule has 0 radical (unpaired) electrons. The second-order valence-electron chi connectivity index (χ2n) is 8.66. The van der Waals surface area contributed by atoms with E-state index in [1.165, 1.54) is 24.3 Å². The van der Waals surface area contributed by atoms with Crippen molar-refractivity contribution >= 4 is 38.5 Å². The molecule has 0 saturated carbocycles. The van der Waals surface area contributed by atoms with Crippen molar-refractivity contribution in [3.05, 3.63) is 89.1 Å². The topological polar surface area (TPSA) is 107 Å². The summed E-state index contributed by atoms with van der Waals surface area (Å²) in [5.41, 5.74) is 2.40. The van der Waals surface area contributed by atoms with Gasteiger partial charge >= 0.3 is 5.97 Å². The van der Waals surface area contributed by atoms with Crippen LogP contribution in [0.15, 0.2) is 77.8 Å². The predicted molar refractivity (Wildman–Crippen MR) is 150 cm³/mol. The number of nitrogens with zero attached hydrogens (tertiary/aromatic N) is 1. The normalized spacial score (nSPS) is 12.0. The summed E-state index contributed by atoms with van der Waals surface area (Å²) in [7, 11) is -2.54. The Morgan fingerprint density at radius 2 is 1.85 bits per heavy atom. The fraction of sp³-hybridized carbons (Fsp3) is 0.207. The van der Waals surface area contributed by atoms with Gasteiger partial charge in [-0.1, -0.05) is 35.7 Å². The molecular weight excluding hydrogens is 540 g/mol. The Morgan fingerprint density at radius 3 is 2.54 bits per heavy atom. The van der Waals surface area contributed by atoms with Crippen LogP contribution in [-0.2, 0) is 27.8 Å². The third-order valence-electron chi connectivity index (χ3n) is 6.10. The molecule has 0 aliphatic rings. The van der Waals surface area contributed by atoms with Gasteiger partial charge < -0.3 is 19.1 Å². The molecule has 0 aliphatic carbocycles. The number of fused-ring (bicyclic) bond motifs is 1. The van der Waals surface area contributed by atoms with E-state index in [9.17, 15) is 18.3 Å². The van der Waals surface area contributed by atoms with E-state index in [0.29, 0.717) is 22.9 Å². The lowest BCUT2D eigenvalue weighted by Gasteiger charge is -2.15. The molecule has 4 rings (SSSR count). The lowest BCUT2D eigenvalue weighted by molar-refractivity contribution is -0.138. The van der Waals surface area contributed by atoms with Gasteiger partial charge in [0.25, 0.3) is 0 Å². The van der Waals surface area contributed by atoms with E-state index in [-0.39, 0.29) is 17.9 Å². The Labute approximate surface area is 232 Å². The first-order valence-electron chi connectivity index (χ1n) is 12.0. The second kappa shape index (κ2) is 12.3. The molecule has 0 spiro atoms. The van der Waals surface area contributed by atoms with Crippen molar-refractivity contribution in [3.8, 4) is 23.3 Å². The number of aromatic nitrogens is 1. The van der Waals surface area contributed by atoms with E-state index < -0.39 is 22.0 Å². The average Bonchev–Trinajstić information content (AvgIpc) is 3.24. The predicted octanol–water partition coefficient (Wildman–Crippen LogP) is 4.73. The molecule has 0 fully saturated rings. The first kappa shape index (κ1) is 28.0. The van der Waals surface area contributed by atoms with Gasteiger partial charge in [0, 0.05) is 34.1 Å². The van der Waals surface area contributed by atoms with E-state index in [1.54, 1.807) is 26.2 Å². The molecule has 8 nitrogen and oxygen atoms in total. The van der Waals surface area contributed by atoms with Gasteiger partial charge in [-0.15, -0.1) is 5.92 Å². The zero-order valence-corrected chi connectivity index (χ0v) is 22.9. The highest BCUT2D eigenvalue weighted by Gasteiger charge is 2.27. The number of benzene rings is 3. The maximum Gasteiger partial charge on any atom is 0.322 e. The lowest BCUT2D eigenvalue weighted by atomic mass is 10.1. The monoisotopic (exact) mass is 566 g/mol. The zero-order chi connectivity index (χ0) is 28.0. The molecule has 3 aromatic carbocycles. The summed E-state index contributed by atoms with van der Waals surface area (Å²) in [6, 6.07) is 17.2. The third kappa shape index (κ3) is 6.73. The SMILES string of the molecule is CC#CCOc1ccc(S(=O)(=O)NC(Cc2cn(Cc3ccccc3OC)c3ccc(Cl)cc23)C(=O)O)cc1. The van der Waals surface area contributed by atoms with Gasteiger partial charge in [-0.25, -0.2) is 8.42 Å². The summed E-state index contributed by atoms with van der Waals surface area (Å²) >= 11 is 6.27. The van der Waals surface area contributed by atoms with E-state index in [0.717, 1.165) is 22.2 Å². The zero-order valence-electron chi connectivity index (χ0n) is 21.3. The van der Waals surface area contributed by atoms with Crippen LogP contribution in [0.3, 0.4) is 0 Å². The number of hydrogen-bond donors (Lipinski definition) is 2. The molecule has 0 aliphatic heterocycles. The van der Waals surface area contributed by atoms with Gasteiger partial charge in [-0.3, -0.25) is 4.79 Å². The number of ether oxygens (including phenoxy) is 2. The first-order valence-corrected chi connectivity index (χ1v) is 13.8. The number of carbonyl (C=O) groups is 1. The molecule has 0 saturated heterocycles. The molecule has 39 heavy (non-hydrogen) atoms. The van der Waals surface area contributed by atoms with Crippen LogP contribution in [0.25, 0.3) is 10.9 Å². The summed E-state index contributed by atoms with van der Waals surface area (Å²) in [6.45, 7) is 2.33. The van der Waals surface area contributed by atoms with Crippen LogP contribution in [0, 0.1) is 11.8 Å². The van der Waals surface area contributed by atoms with Gasteiger partial charge in [-0.05, 0) is 61.0 Å². The van der Waals surface area contributed by atoms with Gasteiger partial charge in [0.1, 0.15) is 24.1 Å². The summed E-state index contributed by atoms with van der Waals surface area (Å²) in [6.07, 6.45) is 1.73. The maximum absolute atomic E-state index is 13.1. The number of carboxylic acid groups (broad SMARTS) is 1. The van der Waals surface area contributed by atoms with Crippen molar-refractivity contribution in [2.75, 3.05) is 13.7 Å². The Kier molecular flexibility index (Phi) is 8.82. The molecule has 10 heteroatoms. The fourth-order valence-corrected chi connectivity index (χ4v) is 5.58. The number of nitrogens with one attached hydrogen (secondary N) is 1. The Hall–Kier alpha value is -3.97. The molecule has 0 bridgehead atoms. The number of aliphatic carboxylic acids is 1. The average molecular weight is 567 g/mol. The molecule has 1 heterocycles. The fourth-order valence-electron chi connectivity index (χ4n) is 4.21. The summed E-state index contributed by atoms with van der Waals surface area (Å²) in [4.78, 5) is 12.1.